The van der Waals surface area contributed by atoms with Gasteiger partial charge in [0.15, 0.2) is 0 Å². The molecular formula is C30H30IrN2-2. The monoisotopic (exact) mass is 611 g/mol. The van der Waals surface area contributed by atoms with Gasteiger partial charge in [0.1, 0.15) is 0 Å². The molecule has 1 radical (unpaired) electrons. The summed E-state index contributed by atoms with van der Waals surface area (Å²) in [4.78, 5) is 8.91. The molecule has 171 valence electrons. The van der Waals surface area contributed by atoms with Crippen LogP contribution >= 0.6 is 0 Å². The summed E-state index contributed by atoms with van der Waals surface area (Å²) in [6, 6.07) is 30.4. The van der Waals surface area contributed by atoms with Gasteiger partial charge in [-0.05, 0) is 52.3 Å². The van der Waals surface area contributed by atoms with Crippen LogP contribution in [0.4, 0.5) is 0 Å². The first-order valence-corrected chi connectivity index (χ1v) is 11.2. The first-order valence-electron chi connectivity index (χ1n) is 11.2. The fraction of sp³-hybridized carbons (Fsp3) is 0.267. The van der Waals surface area contributed by atoms with Crippen molar-refractivity contribution in [2.75, 3.05) is 0 Å². The molecule has 0 N–H and O–H groups in total. The zero-order valence-electron chi connectivity index (χ0n) is 19.7. The van der Waals surface area contributed by atoms with Crippen LogP contribution in [-0.4, -0.2) is 9.97 Å². The Kier molecular flexibility index (Phi) is 8.00. The van der Waals surface area contributed by atoms with Crippen LogP contribution in [0.5, 0.6) is 0 Å². The zero-order chi connectivity index (χ0) is 22.6. The molecule has 2 heterocycles. The van der Waals surface area contributed by atoms with E-state index in [1.807, 2.05) is 60.7 Å². The Balaban J connectivity index is 0.000000202. The third-order valence-corrected chi connectivity index (χ3v) is 6.37. The first-order chi connectivity index (χ1) is 15.4. The summed E-state index contributed by atoms with van der Waals surface area (Å²) in [7, 11) is 0. The molecule has 0 atom stereocenters. The molecule has 1 aliphatic carbocycles. The van der Waals surface area contributed by atoms with Gasteiger partial charge in [-0.1, -0.05) is 45.9 Å². The van der Waals surface area contributed by atoms with Gasteiger partial charge < -0.3 is 9.97 Å². The Morgan fingerprint density at radius 1 is 0.667 bits per heavy atom. The second-order valence-corrected chi connectivity index (χ2v) is 9.65. The normalized spacial score (nSPS) is 15.3. The molecule has 0 bridgehead atoms. The predicted octanol–water partition coefficient (Wildman–Crippen LogP) is 7.44. The molecular weight excluding hydrogens is 581 g/mol. The van der Waals surface area contributed by atoms with Gasteiger partial charge in [-0.15, -0.1) is 71.8 Å². The zero-order valence-corrected chi connectivity index (χ0v) is 22.1. The smallest absolute Gasteiger partial charge is 0.0201 e. The van der Waals surface area contributed by atoms with Crippen LogP contribution in [0, 0.1) is 12.1 Å². The van der Waals surface area contributed by atoms with Crippen molar-refractivity contribution in [2.45, 2.75) is 51.4 Å². The molecule has 0 saturated carbocycles. The summed E-state index contributed by atoms with van der Waals surface area (Å²) < 4.78 is 0. The van der Waals surface area contributed by atoms with Gasteiger partial charge in [-0.25, -0.2) is 0 Å². The summed E-state index contributed by atoms with van der Waals surface area (Å²) in [6.07, 6.45) is 6.34. The van der Waals surface area contributed by atoms with Crippen LogP contribution < -0.4 is 0 Å². The van der Waals surface area contributed by atoms with Gasteiger partial charge in [0.2, 0.25) is 0 Å². The molecule has 0 fully saturated rings. The summed E-state index contributed by atoms with van der Waals surface area (Å²) in [5.74, 6) is 0. The molecule has 0 aliphatic heterocycles. The fourth-order valence-electron chi connectivity index (χ4n) is 4.22. The van der Waals surface area contributed by atoms with Crippen molar-refractivity contribution in [1.29, 1.82) is 0 Å². The van der Waals surface area contributed by atoms with Gasteiger partial charge in [0.25, 0.3) is 0 Å². The SMILES string of the molecule is CC1(C)CCC(C)(C)c2cc(-c3[c-]cccc3)ncc21.[Ir].[c-]1ccccc1-c1ccccn1. The van der Waals surface area contributed by atoms with Crippen molar-refractivity contribution in [3.63, 3.8) is 0 Å². The maximum absolute atomic E-state index is 4.69. The van der Waals surface area contributed by atoms with E-state index in [1.165, 1.54) is 24.0 Å². The van der Waals surface area contributed by atoms with Crippen LogP contribution in [0.25, 0.3) is 22.5 Å². The van der Waals surface area contributed by atoms with E-state index in [2.05, 4.69) is 63.1 Å². The molecule has 2 aromatic heterocycles. The van der Waals surface area contributed by atoms with Gasteiger partial charge in [0, 0.05) is 32.5 Å². The fourth-order valence-corrected chi connectivity index (χ4v) is 4.22. The Morgan fingerprint density at radius 2 is 1.24 bits per heavy atom. The Hall–Kier alpha value is -2.61. The van der Waals surface area contributed by atoms with Crippen molar-refractivity contribution in [3.05, 3.63) is 108 Å². The number of fused-ring (bicyclic) bond motifs is 1. The van der Waals surface area contributed by atoms with Crippen molar-refractivity contribution in [1.82, 2.24) is 9.97 Å². The molecule has 4 aromatic rings. The van der Waals surface area contributed by atoms with E-state index < -0.39 is 0 Å². The minimum atomic E-state index is 0. The number of hydrogen-bond acceptors (Lipinski definition) is 2. The van der Waals surface area contributed by atoms with E-state index in [1.54, 1.807) is 6.20 Å². The van der Waals surface area contributed by atoms with Gasteiger partial charge in [-0.3, -0.25) is 0 Å². The van der Waals surface area contributed by atoms with E-state index in [0.717, 1.165) is 22.5 Å². The van der Waals surface area contributed by atoms with Gasteiger partial charge >= 0.3 is 0 Å². The summed E-state index contributed by atoms with van der Waals surface area (Å²) in [5, 5.41) is 0. The second-order valence-electron chi connectivity index (χ2n) is 9.65. The second kappa shape index (κ2) is 10.5. The molecule has 33 heavy (non-hydrogen) atoms. The average Bonchev–Trinajstić information content (AvgIpc) is 2.84. The molecule has 0 unspecified atom stereocenters. The Morgan fingerprint density at radius 3 is 1.79 bits per heavy atom. The van der Waals surface area contributed by atoms with E-state index in [-0.39, 0.29) is 30.9 Å². The summed E-state index contributed by atoms with van der Waals surface area (Å²) >= 11 is 0. The maximum atomic E-state index is 4.69. The van der Waals surface area contributed by atoms with Crippen LogP contribution in [0.15, 0.2) is 85.2 Å². The number of aromatic nitrogens is 2. The van der Waals surface area contributed by atoms with E-state index in [4.69, 9.17) is 4.98 Å². The molecule has 2 aromatic carbocycles. The average molecular weight is 611 g/mol. The molecule has 0 amide bonds. The molecule has 0 spiro atoms. The van der Waals surface area contributed by atoms with Crippen LogP contribution in [0.1, 0.15) is 51.7 Å². The number of nitrogens with zero attached hydrogens (tertiary/aromatic N) is 2. The molecule has 5 rings (SSSR count). The van der Waals surface area contributed by atoms with Crippen LogP contribution in [0.2, 0.25) is 0 Å². The standard InChI is InChI=1S/C19H22N.C11H8N.Ir/c1-18(2)10-11-19(3,4)16-13-20-17(12-15(16)18)14-8-6-5-7-9-14;1-2-6-10(7-3-1)11-8-4-5-9-12-11;/h5-8,12-13H,10-11H2,1-4H3;1-6,8-9H;/q2*-1;. The number of benzene rings is 2. The molecule has 0 saturated heterocycles. The van der Waals surface area contributed by atoms with E-state index in [9.17, 15) is 0 Å². The predicted molar refractivity (Wildman–Crippen MR) is 132 cm³/mol. The summed E-state index contributed by atoms with van der Waals surface area (Å²) in [5.41, 5.74) is 7.46. The van der Waals surface area contributed by atoms with Crippen LogP contribution in [-0.2, 0) is 30.9 Å². The van der Waals surface area contributed by atoms with Crippen LogP contribution in [0.3, 0.4) is 0 Å². The molecule has 2 nitrogen and oxygen atoms in total. The number of rotatable bonds is 2. The maximum Gasteiger partial charge on any atom is 0.0201 e. The first kappa shape index (κ1) is 25.0. The van der Waals surface area contributed by atoms with Gasteiger partial charge in [0.05, 0.1) is 0 Å². The number of pyridine rings is 2. The number of hydrogen-bond donors (Lipinski definition) is 0. The van der Waals surface area contributed by atoms with Gasteiger partial charge in [-0.2, -0.15) is 0 Å². The minimum absolute atomic E-state index is 0. The van der Waals surface area contributed by atoms with E-state index >= 15 is 0 Å². The third kappa shape index (κ3) is 5.85. The Labute approximate surface area is 211 Å². The van der Waals surface area contributed by atoms with E-state index in [0.29, 0.717) is 0 Å². The van der Waals surface area contributed by atoms with Crippen molar-refractivity contribution < 1.29 is 20.1 Å². The third-order valence-electron chi connectivity index (χ3n) is 6.37. The minimum Gasteiger partial charge on any atom is -0.305 e. The largest absolute Gasteiger partial charge is 0.305 e. The van der Waals surface area contributed by atoms with Crippen molar-refractivity contribution in [2.24, 2.45) is 0 Å². The quantitative estimate of drug-likeness (QED) is 0.221. The van der Waals surface area contributed by atoms with Crippen molar-refractivity contribution >= 4 is 0 Å². The Bertz CT molecular complexity index is 1120. The molecule has 3 heteroatoms. The topological polar surface area (TPSA) is 25.8 Å². The summed E-state index contributed by atoms with van der Waals surface area (Å²) in [6.45, 7) is 9.35. The molecule has 1 aliphatic rings. The van der Waals surface area contributed by atoms with Crippen molar-refractivity contribution in [3.8, 4) is 22.5 Å².